The Morgan fingerprint density at radius 1 is 0.812 bits per heavy atom. The summed E-state index contributed by atoms with van der Waals surface area (Å²) in [4.78, 5) is 0. The minimum absolute atomic E-state index is 0.815. The first-order valence-corrected chi connectivity index (χ1v) is 7.67. The van der Waals surface area contributed by atoms with Crippen molar-refractivity contribution in [1.29, 1.82) is 0 Å². The van der Waals surface area contributed by atoms with Gasteiger partial charge < -0.3 is 5.32 Å². The first kappa shape index (κ1) is 9.94. The summed E-state index contributed by atoms with van der Waals surface area (Å²) in [5, 5.41) is 2.73. The van der Waals surface area contributed by atoms with E-state index in [0.29, 0.717) is 0 Å². The Kier molecular flexibility index (Phi) is 2.16. The van der Waals surface area contributed by atoms with Gasteiger partial charge in [-0.05, 0) is 69.1 Å². The van der Waals surface area contributed by atoms with Crippen LogP contribution in [0.3, 0.4) is 0 Å². The van der Waals surface area contributed by atoms with Crippen LogP contribution in [0, 0.1) is 23.2 Å². The van der Waals surface area contributed by atoms with E-state index in [0.717, 1.165) is 29.2 Å². The lowest BCUT2D eigenvalue weighted by molar-refractivity contribution is -0.713. The molecule has 16 heavy (non-hydrogen) atoms. The van der Waals surface area contributed by atoms with Gasteiger partial charge in [0, 0.05) is 11.8 Å². The smallest absolute Gasteiger partial charge is 0.0916 e. The number of rotatable bonds is 1. The number of piperidine rings is 1. The van der Waals surface area contributed by atoms with Gasteiger partial charge in [0.05, 0.1) is 12.6 Å². The van der Waals surface area contributed by atoms with Crippen molar-refractivity contribution in [3.8, 4) is 0 Å². The molecule has 0 amide bonds. The fourth-order valence-corrected chi connectivity index (χ4v) is 6.13. The standard InChI is InChI=1S/C15H25N/c1-2-4-16-14(3-1)15-8-11-5-12(9-15)7-13(6-11)10-15/h11-14,16H,1-10H2/p+1/t11?,12?,13?,14-,15?/m1/s1. The third-order valence-corrected chi connectivity index (χ3v) is 6.29. The molecule has 1 atom stereocenters. The van der Waals surface area contributed by atoms with Gasteiger partial charge in [-0.2, -0.15) is 0 Å². The van der Waals surface area contributed by atoms with Crippen molar-refractivity contribution in [1.82, 2.24) is 0 Å². The molecule has 5 aliphatic rings. The quantitative estimate of drug-likeness (QED) is 0.698. The molecule has 0 aromatic rings. The summed E-state index contributed by atoms with van der Waals surface area (Å²) < 4.78 is 0. The highest BCUT2D eigenvalue weighted by molar-refractivity contribution is 5.04. The van der Waals surface area contributed by atoms with E-state index in [9.17, 15) is 0 Å². The zero-order chi connectivity index (χ0) is 10.6. The second kappa shape index (κ2) is 3.48. The number of hydrogen-bond donors (Lipinski definition) is 1. The van der Waals surface area contributed by atoms with Crippen LogP contribution in [0.15, 0.2) is 0 Å². The van der Waals surface area contributed by atoms with E-state index < -0.39 is 0 Å². The zero-order valence-electron chi connectivity index (χ0n) is 10.5. The summed E-state index contributed by atoms with van der Waals surface area (Å²) in [6, 6.07) is 1.02. The van der Waals surface area contributed by atoms with Crippen molar-refractivity contribution in [2.24, 2.45) is 23.2 Å². The van der Waals surface area contributed by atoms with Crippen molar-refractivity contribution < 1.29 is 5.32 Å². The van der Waals surface area contributed by atoms with E-state index >= 15 is 0 Å². The van der Waals surface area contributed by atoms with E-state index in [4.69, 9.17) is 0 Å². The molecular weight excluding hydrogens is 194 g/mol. The molecule has 0 spiro atoms. The van der Waals surface area contributed by atoms with E-state index in [1.165, 1.54) is 25.8 Å². The molecule has 2 N–H and O–H groups in total. The van der Waals surface area contributed by atoms with Crippen molar-refractivity contribution in [2.45, 2.75) is 63.8 Å². The second-order valence-electron chi connectivity index (χ2n) is 7.41. The largest absolute Gasteiger partial charge is 0.343 e. The van der Waals surface area contributed by atoms with E-state index in [2.05, 4.69) is 5.32 Å². The lowest BCUT2D eigenvalue weighted by Gasteiger charge is -2.58. The average Bonchev–Trinajstić information content (AvgIpc) is 2.28. The van der Waals surface area contributed by atoms with Gasteiger partial charge in [0.25, 0.3) is 0 Å². The van der Waals surface area contributed by atoms with Gasteiger partial charge in [-0.1, -0.05) is 0 Å². The maximum Gasteiger partial charge on any atom is 0.0916 e. The van der Waals surface area contributed by atoms with E-state index in [-0.39, 0.29) is 0 Å². The van der Waals surface area contributed by atoms with Crippen molar-refractivity contribution in [2.75, 3.05) is 6.54 Å². The van der Waals surface area contributed by atoms with Crippen molar-refractivity contribution >= 4 is 0 Å². The van der Waals surface area contributed by atoms with Crippen LogP contribution in [0.1, 0.15) is 57.8 Å². The molecule has 1 nitrogen and oxygen atoms in total. The Morgan fingerprint density at radius 3 is 1.94 bits per heavy atom. The van der Waals surface area contributed by atoms with Crippen LogP contribution in [0.25, 0.3) is 0 Å². The second-order valence-corrected chi connectivity index (χ2v) is 7.41. The van der Waals surface area contributed by atoms with Gasteiger partial charge in [-0.3, -0.25) is 0 Å². The summed E-state index contributed by atoms with van der Waals surface area (Å²) in [7, 11) is 0. The summed E-state index contributed by atoms with van der Waals surface area (Å²) >= 11 is 0. The number of hydrogen-bond acceptors (Lipinski definition) is 0. The first-order valence-electron chi connectivity index (χ1n) is 7.67. The van der Waals surface area contributed by atoms with Gasteiger partial charge in [0.1, 0.15) is 0 Å². The van der Waals surface area contributed by atoms with Gasteiger partial charge in [0.15, 0.2) is 0 Å². The normalized spacial score (nSPS) is 55.5. The van der Waals surface area contributed by atoms with Gasteiger partial charge in [-0.15, -0.1) is 0 Å². The topological polar surface area (TPSA) is 16.6 Å². The van der Waals surface area contributed by atoms with Crippen LogP contribution in [-0.4, -0.2) is 12.6 Å². The molecule has 0 radical (unpaired) electrons. The monoisotopic (exact) mass is 220 g/mol. The Balaban J connectivity index is 1.60. The molecule has 4 aliphatic carbocycles. The molecular formula is C15H26N+. The predicted octanol–water partition coefficient (Wildman–Crippen LogP) is 2.32. The summed E-state index contributed by atoms with van der Waals surface area (Å²) in [6.07, 6.45) is 14.2. The van der Waals surface area contributed by atoms with Crippen LogP contribution in [0.4, 0.5) is 0 Å². The lowest BCUT2D eigenvalue weighted by atomic mass is 9.47. The fourth-order valence-electron chi connectivity index (χ4n) is 6.13. The molecule has 0 unspecified atom stereocenters. The SMILES string of the molecule is C1CC[C@H](C23CC4CC(CC(C4)C2)C3)[NH2+]C1. The number of quaternary nitrogens is 1. The Hall–Kier alpha value is -0.0400. The van der Waals surface area contributed by atoms with Gasteiger partial charge in [-0.25, -0.2) is 0 Å². The summed E-state index contributed by atoms with van der Waals surface area (Å²) in [5.41, 5.74) is 0.815. The van der Waals surface area contributed by atoms with Crippen LogP contribution in [0.5, 0.6) is 0 Å². The first-order chi connectivity index (χ1) is 7.84. The molecule has 5 rings (SSSR count). The van der Waals surface area contributed by atoms with E-state index in [1.807, 2.05) is 0 Å². The van der Waals surface area contributed by atoms with Crippen LogP contribution < -0.4 is 5.32 Å². The van der Waals surface area contributed by atoms with Gasteiger partial charge in [0.2, 0.25) is 0 Å². The number of nitrogens with two attached hydrogens (primary N) is 1. The molecule has 1 heterocycles. The molecule has 1 heteroatoms. The lowest BCUT2D eigenvalue weighted by Crippen LogP contribution is -2.95. The third-order valence-electron chi connectivity index (χ3n) is 6.29. The summed E-state index contributed by atoms with van der Waals surface area (Å²) in [5.74, 6) is 3.42. The molecule has 1 aliphatic heterocycles. The molecule has 5 fully saturated rings. The minimum atomic E-state index is 0.815. The third kappa shape index (κ3) is 1.40. The fraction of sp³-hybridized carbons (Fsp3) is 1.00. The molecule has 90 valence electrons. The predicted molar refractivity (Wildman–Crippen MR) is 65.0 cm³/mol. The van der Waals surface area contributed by atoms with Crippen molar-refractivity contribution in [3.05, 3.63) is 0 Å². The molecule has 1 saturated heterocycles. The van der Waals surface area contributed by atoms with Crippen LogP contribution >= 0.6 is 0 Å². The zero-order valence-corrected chi connectivity index (χ0v) is 10.5. The Morgan fingerprint density at radius 2 is 1.44 bits per heavy atom. The highest BCUT2D eigenvalue weighted by atomic mass is 14.9. The highest BCUT2D eigenvalue weighted by Crippen LogP contribution is 2.61. The Bertz CT molecular complexity index is 242. The molecule has 4 bridgehead atoms. The van der Waals surface area contributed by atoms with Crippen LogP contribution in [-0.2, 0) is 0 Å². The minimum Gasteiger partial charge on any atom is -0.343 e. The maximum absolute atomic E-state index is 2.73. The highest BCUT2D eigenvalue weighted by Gasteiger charge is 2.55. The maximum atomic E-state index is 2.73. The van der Waals surface area contributed by atoms with E-state index in [1.54, 1.807) is 38.5 Å². The summed E-state index contributed by atoms with van der Waals surface area (Å²) in [6.45, 7) is 1.42. The van der Waals surface area contributed by atoms with Crippen molar-refractivity contribution in [3.63, 3.8) is 0 Å². The molecule has 0 aromatic heterocycles. The van der Waals surface area contributed by atoms with Gasteiger partial charge >= 0.3 is 0 Å². The molecule has 0 aromatic carbocycles. The van der Waals surface area contributed by atoms with Crippen LogP contribution in [0.2, 0.25) is 0 Å². The molecule has 4 saturated carbocycles. The Labute approximate surface area is 99.4 Å². The average molecular weight is 220 g/mol.